The molecule has 0 aliphatic heterocycles. The van der Waals surface area contributed by atoms with E-state index in [0.29, 0.717) is 17.1 Å². The van der Waals surface area contributed by atoms with Gasteiger partial charge in [-0.25, -0.2) is 4.39 Å². The molecule has 100 valence electrons. The van der Waals surface area contributed by atoms with Gasteiger partial charge >= 0.3 is 5.97 Å². The molecule has 0 radical (unpaired) electrons. The molecule has 0 atom stereocenters. The molecule has 0 spiro atoms. The number of aliphatic carboxylic acids is 1. The molecule has 5 heteroatoms. The Morgan fingerprint density at radius 3 is 2.06 bits per heavy atom. The number of benzene rings is 1. The number of carboxylic acid groups (broad SMARTS) is 1. The lowest BCUT2D eigenvalue weighted by molar-refractivity contribution is -0.146. The van der Waals surface area contributed by atoms with Gasteiger partial charge in [-0.05, 0) is 20.3 Å². The van der Waals surface area contributed by atoms with E-state index >= 15 is 0 Å². The molecule has 0 unspecified atom stereocenters. The van der Waals surface area contributed by atoms with Crippen LogP contribution in [-0.2, 0) is 11.2 Å². The second kappa shape index (κ2) is 5.25. The van der Waals surface area contributed by atoms with Crippen molar-refractivity contribution in [3.05, 3.63) is 23.5 Å². The van der Waals surface area contributed by atoms with Crippen LogP contribution in [0.25, 0.3) is 0 Å². The van der Waals surface area contributed by atoms with Crippen LogP contribution in [0.3, 0.4) is 0 Å². The second-order valence-electron chi connectivity index (χ2n) is 4.65. The number of rotatable bonds is 5. The third kappa shape index (κ3) is 2.91. The Hall–Kier alpha value is -1.78. The Kier molecular flexibility index (Phi) is 4.16. The van der Waals surface area contributed by atoms with E-state index in [1.165, 1.54) is 26.4 Å². The Morgan fingerprint density at radius 2 is 1.72 bits per heavy atom. The van der Waals surface area contributed by atoms with Crippen molar-refractivity contribution in [1.29, 1.82) is 0 Å². The van der Waals surface area contributed by atoms with Crippen LogP contribution in [0.5, 0.6) is 11.5 Å². The molecule has 0 fully saturated rings. The van der Waals surface area contributed by atoms with E-state index < -0.39 is 17.2 Å². The maximum Gasteiger partial charge on any atom is 0.309 e. The lowest BCUT2D eigenvalue weighted by Crippen LogP contribution is -2.26. The number of methoxy groups -OCH3 is 2. The lowest BCUT2D eigenvalue weighted by Gasteiger charge is -2.22. The van der Waals surface area contributed by atoms with Gasteiger partial charge in [0.15, 0.2) is 0 Å². The van der Waals surface area contributed by atoms with Crippen LogP contribution >= 0.6 is 0 Å². The van der Waals surface area contributed by atoms with Crippen molar-refractivity contribution >= 4 is 5.97 Å². The number of hydrogen-bond acceptors (Lipinski definition) is 3. The smallest absolute Gasteiger partial charge is 0.309 e. The minimum atomic E-state index is -0.988. The Labute approximate surface area is 105 Å². The van der Waals surface area contributed by atoms with Crippen molar-refractivity contribution in [1.82, 2.24) is 0 Å². The molecule has 0 aliphatic rings. The molecule has 0 heterocycles. The fourth-order valence-electron chi connectivity index (χ4n) is 1.64. The molecule has 0 bridgehead atoms. The molecular weight excluding hydrogens is 239 g/mol. The number of carboxylic acids is 1. The molecule has 0 amide bonds. The van der Waals surface area contributed by atoms with Crippen LogP contribution in [0, 0.1) is 11.2 Å². The van der Waals surface area contributed by atoms with Crippen molar-refractivity contribution in [3.63, 3.8) is 0 Å². The first kappa shape index (κ1) is 14.3. The van der Waals surface area contributed by atoms with E-state index in [1.807, 2.05) is 0 Å². The summed E-state index contributed by atoms with van der Waals surface area (Å²) in [7, 11) is 2.82. The highest BCUT2D eigenvalue weighted by Crippen LogP contribution is 2.35. The van der Waals surface area contributed by atoms with Gasteiger partial charge in [0.1, 0.15) is 17.3 Å². The normalized spacial score (nSPS) is 11.2. The largest absolute Gasteiger partial charge is 0.496 e. The predicted molar refractivity (Wildman–Crippen MR) is 64.6 cm³/mol. The summed E-state index contributed by atoms with van der Waals surface area (Å²) in [5, 5.41) is 9.13. The van der Waals surface area contributed by atoms with E-state index in [1.54, 1.807) is 13.8 Å². The molecule has 1 aromatic rings. The zero-order valence-corrected chi connectivity index (χ0v) is 10.9. The first-order chi connectivity index (χ1) is 8.31. The van der Waals surface area contributed by atoms with Gasteiger partial charge in [-0.1, -0.05) is 0 Å². The van der Waals surface area contributed by atoms with Crippen LogP contribution in [0.1, 0.15) is 19.4 Å². The molecule has 0 saturated carbocycles. The molecule has 4 nitrogen and oxygen atoms in total. The van der Waals surface area contributed by atoms with Crippen LogP contribution in [0.2, 0.25) is 0 Å². The summed E-state index contributed by atoms with van der Waals surface area (Å²) in [5.74, 6) is -0.834. The average molecular weight is 256 g/mol. The highest BCUT2D eigenvalue weighted by Gasteiger charge is 2.30. The van der Waals surface area contributed by atoms with Crippen LogP contribution in [0.4, 0.5) is 4.39 Å². The Morgan fingerprint density at radius 1 is 1.28 bits per heavy atom. The lowest BCUT2D eigenvalue weighted by atomic mass is 9.85. The van der Waals surface area contributed by atoms with E-state index in [0.717, 1.165) is 0 Å². The molecule has 0 aromatic heterocycles. The highest BCUT2D eigenvalue weighted by atomic mass is 19.1. The van der Waals surface area contributed by atoms with Gasteiger partial charge in [-0.15, -0.1) is 0 Å². The van der Waals surface area contributed by atoms with Gasteiger partial charge in [0.25, 0.3) is 0 Å². The van der Waals surface area contributed by atoms with E-state index in [9.17, 15) is 9.18 Å². The van der Waals surface area contributed by atoms with Gasteiger partial charge in [0, 0.05) is 17.7 Å². The molecule has 1 aromatic carbocycles. The van der Waals surface area contributed by atoms with Crippen LogP contribution in [0.15, 0.2) is 12.1 Å². The van der Waals surface area contributed by atoms with Crippen molar-refractivity contribution < 1.29 is 23.8 Å². The number of hydrogen-bond donors (Lipinski definition) is 1. The quantitative estimate of drug-likeness (QED) is 0.879. The molecule has 0 aliphatic carbocycles. The summed E-state index contributed by atoms with van der Waals surface area (Å²) in [6.07, 6.45) is 0.189. The third-order valence-electron chi connectivity index (χ3n) is 2.77. The molecular formula is C13H17FO4. The number of carbonyl (C=O) groups is 1. The maximum atomic E-state index is 13.3. The second-order valence-corrected chi connectivity index (χ2v) is 4.65. The number of halogens is 1. The fourth-order valence-corrected chi connectivity index (χ4v) is 1.64. The fraction of sp³-hybridized carbons (Fsp3) is 0.462. The van der Waals surface area contributed by atoms with Gasteiger partial charge < -0.3 is 14.6 Å². The number of ether oxygens (including phenoxy) is 2. The summed E-state index contributed by atoms with van der Waals surface area (Å²) in [6, 6.07) is 2.44. The topological polar surface area (TPSA) is 55.8 Å². The van der Waals surface area contributed by atoms with Crippen molar-refractivity contribution in [2.45, 2.75) is 20.3 Å². The first-order valence-electron chi connectivity index (χ1n) is 5.45. The van der Waals surface area contributed by atoms with Crippen molar-refractivity contribution in [2.75, 3.05) is 14.2 Å². The van der Waals surface area contributed by atoms with E-state index in [4.69, 9.17) is 14.6 Å². The minimum Gasteiger partial charge on any atom is -0.496 e. The van der Waals surface area contributed by atoms with Crippen LogP contribution < -0.4 is 9.47 Å². The molecule has 18 heavy (non-hydrogen) atoms. The summed E-state index contributed by atoms with van der Waals surface area (Å²) in [4.78, 5) is 11.1. The molecule has 1 N–H and O–H groups in total. The molecule has 0 saturated heterocycles. The van der Waals surface area contributed by atoms with Gasteiger partial charge in [-0.2, -0.15) is 0 Å². The monoisotopic (exact) mass is 256 g/mol. The molecule has 1 rings (SSSR count). The van der Waals surface area contributed by atoms with Crippen molar-refractivity contribution in [2.24, 2.45) is 5.41 Å². The van der Waals surface area contributed by atoms with E-state index in [2.05, 4.69) is 0 Å². The summed E-state index contributed by atoms with van der Waals surface area (Å²) >= 11 is 0. The standard InChI is InChI=1S/C13H17FO4/c1-13(2,12(15)16)7-9-10(17-3)5-8(14)6-11(9)18-4/h5-6H,7H2,1-4H3,(H,15,16). The zero-order chi connectivity index (χ0) is 13.9. The Bertz CT molecular complexity index is 429. The van der Waals surface area contributed by atoms with Gasteiger partial charge in [-0.3, -0.25) is 4.79 Å². The Balaban J connectivity index is 3.26. The van der Waals surface area contributed by atoms with Gasteiger partial charge in [0.2, 0.25) is 0 Å². The van der Waals surface area contributed by atoms with Gasteiger partial charge in [0.05, 0.1) is 19.6 Å². The summed E-state index contributed by atoms with van der Waals surface area (Å²) in [5.41, 5.74) is -0.438. The third-order valence-corrected chi connectivity index (χ3v) is 2.77. The predicted octanol–water partition coefficient (Wildman–Crippen LogP) is 2.50. The average Bonchev–Trinajstić information content (AvgIpc) is 2.30. The maximum absolute atomic E-state index is 13.3. The summed E-state index contributed by atoms with van der Waals surface area (Å²) < 4.78 is 23.5. The first-order valence-corrected chi connectivity index (χ1v) is 5.45. The van der Waals surface area contributed by atoms with E-state index in [-0.39, 0.29) is 6.42 Å². The minimum absolute atomic E-state index is 0.189. The summed E-state index contributed by atoms with van der Waals surface area (Å²) in [6.45, 7) is 3.19. The van der Waals surface area contributed by atoms with Crippen LogP contribution in [-0.4, -0.2) is 25.3 Å². The highest BCUT2D eigenvalue weighted by molar-refractivity contribution is 5.74. The van der Waals surface area contributed by atoms with Crippen molar-refractivity contribution in [3.8, 4) is 11.5 Å². The SMILES string of the molecule is COc1cc(F)cc(OC)c1CC(C)(C)C(=O)O. The zero-order valence-electron chi connectivity index (χ0n) is 10.9.